The molecule has 2 fully saturated rings. The molecule has 1 aliphatic heterocycles. The highest BCUT2D eigenvalue weighted by atomic mass is 35.5. The fraction of sp³-hybridized carbons (Fsp3) is 0.562. The Bertz CT molecular complexity index is 735. The van der Waals surface area contributed by atoms with Crippen molar-refractivity contribution in [2.45, 2.75) is 43.0 Å². The second kappa shape index (κ2) is 6.98. The molecule has 0 unspecified atom stereocenters. The van der Waals surface area contributed by atoms with Crippen LogP contribution in [0.4, 0.5) is 4.39 Å². The third kappa shape index (κ3) is 3.73. The lowest BCUT2D eigenvalue weighted by Gasteiger charge is -2.24. The first-order valence-electron chi connectivity index (χ1n) is 8.11. The van der Waals surface area contributed by atoms with E-state index >= 15 is 0 Å². The molecule has 0 radical (unpaired) electrons. The molecule has 1 saturated carbocycles. The number of nitrogens with zero attached hydrogens (tertiary/aromatic N) is 1. The second-order valence-corrected chi connectivity index (χ2v) is 8.62. The minimum absolute atomic E-state index is 0.0490. The number of rotatable bonds is 5. The van der Waals surface area contributed by atoms with E-state index in [9.17, 15) is 17.6 Å². The number of nitrogens with one attached hydrogen (secondary N) is 1. The van der Waals surface area contributed by atoms with Gasteiger partial charge in [-0.2, -0.15) is 0 Å². The smallest absolute Gasteiger partial charge is 0.242 e. The van der Waals surface area contributed by atoms with E-state index in [1.165, 1.54) is 0 Å². The summed E-state index contributed by atoms with van der Waals surface area (Å²) in [7, 11) is -3.83. The summed E-state index contributed by atoms with van der Waals surface area (Å²) in [5.41, 5.74) is 0. The molecule has 1 aromatic carbocycles. The van der Waals surface area contributed by atoms with Gasteiger partial charge in [0.1, 0.15) is 10.7 Å². The fourth-order valence-corrected chi connectivity index (χ4v) is 5.16. The van der Waals surface area contributed by atoms with Gasteiger partial charge in [0.2, 0.25) is 15.9 Å². The monoisotopic (exact) mass is 374 g/mol. The quantitative estimate of drug-likeness (QED) is 0.861. The summed E-state index contributed by atoms with van der Waals surface area (Å²) < 4.78 is 40.2. The van der Waals surface area contributed by atoms with Crippen LogP contribution in [0.3, 0.4) is 0 Å². The Morgan fingerprint density at radius 1 is 1.29 bits per heavy atom. The summed E-state index contributed by atoms with van der Waals surface area (Å²) in [6.07, 6.45) is 4.73. The van der Waals surface area contributed by atoms with E-state index in [1.807, 2.05) is 4.90 Å². The van der Waals surface area contributed by atoms with Gasteiger partial charge in [0.05, 0.1) is 5.02 Å². The largest absolute Gasteiger partial charge is 0.339 e. The van der Waals surface area contributed by atoms with Crippen molar-refractivity contribution in [1.82, 2.24) is 9.62 Å². The van der Waals surface area contributed by atoms with Gasteiger partial charge < -0.3 is 4.90 Å². The third-order valence-electron chi connectivity index (χ3n) is 4.75. The summed E-state index contributed by atoms with van der Waals surface area (Å²) in [6.45, 7) is 0.758. The number of hydrogen-bond donors (Lipinski definition) is 1. The van der Waals surface area contributed by atoms with Crippen molar-refractivity contribution in [3.63, 3.8) is 0 Å². The Balaban J connectivity index is 1.62. The van der Waals surface area contributed by atoms with E-state index < -0.39 is 15.8 Å². The molecular formula is C16H20ClFN2O3S. The van der Waals surface area contributed by atoms with Crippen molar-refractivity contribution in [2.24, 2.45) is 5.92 Å². The summed E-state index contributed by atoms with van der Waals surface area (Å²) >= 11 is 5.82. The number of likely N-dealkylation sites (tertiary alicyclic amines) is 1. The van der Waals surface area contributed by atoms with Crippen LogP contribution in [-0.2, 0) is 14.8 Å². The molecule has 2 aliphatic rings. The van der Waals surface area contributed by atoms with E-state index in [1.54, 1.807) is 0 Å². The molecule has 1 aliphatic carbocycles. The van der Waals surface area contributed by atoms with E-state index in [2.05, 4.69) is 4.72 Å². The van der Waals surface area contributed by atoms with Crippen LogP contribution >= 0.6 is 11.6 Å². The molecule has 0 bridgehead atoms. The predicted octanol–water partition coefficient (Wildman–Crippen LogP) is 2.55. The first kappa shape index (κ1) is 17.6. The number of benzene rings is 1. The van der Waals surface area contributed by atoms with Crippen LogP contribution in [0.2, 0.25) is 5.02 Å². The Morgan fingerprint density at radius 2 is 2.00 bits per heavy atom. The van der Waals surface area contributed by atoms with Crippen LogP contribution in [-0.4, -0.2) is 38.4 Å². The van der Waals surface area contributed by atoms with Crippen molar-refractivity contribution in [3.05, 3.63) is 29.0 Å². The van der Waals surface area contributed by atoms with Gasteiger partial charge in [0, 0.05) is 25.6 Å². The molecule has 1 atom stereocenters. The van der Waals surface area contributed by atoms with Crippen molar-refractivity contribution in [2.75, 3.05) is 13.1 Å². The Hall–Kier alpha value is -1.18. The van der Waals surface area contributed by atoms with Crippen LogP contribution in [0.5, 0.6) is 0 Å². The topological polar surface area (TPSA) is 66.5 Å². The molecule has 1 saturated heterocycles. The molecule has 1 N–H and O–H groups in total. The predicted molar refractivity (Wildman–Crippen MR) is 88.7 cm³/mol. The van der Waals surface area contributed by atoms with E-state index in [0.29, 0.717) is 19.0 Å². The summed E-state index contributed by atoms with van der Waals surface area (Å²) in [5.74, 6) is -0.537. The van der Waals surface area contributed by atoms with E-state index in [-0.39, 0.29) is 28.3 Å². The van der Waals surface area contributed by atoms with Crippen molar-refractivity contribution in [3.8, 4) is 0 Å². The standard InChI is InChI=1S/C16H20ClFN2O3S/c17-14-8-12(18)5-6-15(14)24(22,23)19-9-11-7-16(21)20(10-11)13-3-1-2-4-13/h5-6,8,11,13,19H,1-4,7,9-10H2/t11-/m0/s1. The number of hydrogen-bond acceptors (Lipinski definition) is 3. The second-order valence-electron chi connectivity index (χ2n) is 6.48. The number of carbonyl (C=O) groups excluding carboxylic acids is 1. The van der Waals surface area contributed by atoms with Crippen LogP contribution < -0.4 is 4.72 Å². The lowest BCUT2D eigenvalue weighted by atomic mass is 10.1. The Morgan fingerprint density at radius 3 is 2.67 bits per heavy atom. The van der Waals surface area contributed by atoms with Gasteiger partial charge >= 0.3 is 0 Å². The SMILES string of the molecule is O=C1C[C@@H](CNS(=O)(=O)c2ccc(F)cc2Cl)CN1C1CCCC1. The molecule has 132 valence electrons. The van der Waals surface area contributed by atoms with Gasteiger partial charge in [-0.3, -0.25) is 4.79 Å². The number of sulfonamides is 1. The van der Waals surface area contributed by atoms with Crippen LogP contribution in [0.1, 0.15) is 32.1 Å². The minimum atomic E-state index is -3.83. The average Bonchev–Trinajstić information content (AvgIpc) is 3.14. The summed E-state index contributed by atoms with van der Waals surface area (Å²) in [4.78, 5) is 13.9. The van der Waals surface area contributed by atoms with Gasteiger partial charge in [0.15, 0.2) is 0 Å². The zero-order valence-electron chi connectivity index (χ0n) is 13.2. The van der Waals surface area contributed by atoms with Crippen LogP contribution in [0, 0.1) is 11.7 Å². The maximum atomic E-state index is 13.1. The van der Waals surface area contributed by atoms with E-state index in [4.69, 9.17) is 11.6 Å². The first-order valence-corrected chi connectivity index (χ1v) is 9.97. The fourth-order valence-electron chi connectivity index (χ4n) is 3.51. The molecule has 1 aromatic rings. The molecule has 3 rings (SSSR count). The molecule has 5 nitrogen and oxygen atoms in total. The molecule has 8 heteroatoms. The zero-order chi connectivity index (χ0) is 17.3. The zero-order valence-corrected chi connectivity index (χ0v) is 14.7. The number of halogens is 2. The van der Waals surface area contributed by atoms with Gasteiger partial charge in [-0.15, -0.1) is 0 Å². The van der Waals surface area contributed by atoms with Crippen LogP contribution in [0.25, 0.3) is 0 Å². The van der Waals surface area contributed by atoms with Gasteiger partial charge in [-0.25, -0.2) is 17.5 Å². The lowest BCUT2D eigenvalue weighted by molar-refractivity contribution is -0.129. The minimum Gasteiger partial charge on any atom is -0.339 e. The Labute approximate surface area is 146 Å². The first-order chi connectivity index (χ1) is 11.4. The molecule has 1 amide bonds. The molecule has 0 spiro atoms. The molecule has 0 aromatic heterocycles. The molecule has 24 heavy (non-hydrogen) atoms. The number of carbonyl (C=O) groups is 1. The van der Waals surface area contributed by atoms with Crippen LogP contribution in [0.15, 0.2) is 23.1 Å². The maximum absolute atomic E-state index is 13.1. The van der Waals surface area contributed by atoms with Gasteiger partial charge in [0.25, 0.3) is 0 Å². The highest BCUT2D eigenvalue weighted by molar-refractivity contribution is 7.89. The third-order valence-corrected chi connectivity index (χ3v) is 6.66. The number of amides is 1. The average molecular weight is 375 g/mol. The normalized spacial score (nSPS) is 22.5. The van der Waals surface area contributed by atoms with Crippen molar-refractivity contribution < 1.29 is 17.6 Å². The van der Waals surface area contributed by atoms with Gasteiger partial charge in [-0.1, -0.05) is 24.4 Å². The molecule has 1 heterocycles. The Kier molecular flexibility index (Phi) is 5.13. The van der Waals surface area contributed by atoms with Crippen molar-refractivity contribution >= 4 is 27.5 Å². The van der Waals surface area contributed by atoms with E-state index in [0.717, 1.165) is 43.9 Å². The lowest BCUT2D eigenvalue weighted by Crippen LogP contribution is -2.36. The summed E-state index contributed by atoms with van der Waals surface area (Å²) in [6, 6.07) is 3.48. The highest BCUT2D eigenvalue weighted by Gasteiger charge is 2.35. The molecular weight excluding hydrogens is 355 g/mol. The highest BCUT2D eigenvalue weighted by Crippen LogP contribution is 2.29. The maximum Gasteiger partial charge on any atom is 0.242 e. The van der Waals surface area contributed by atoms with Gasteiger partial charge in [-0.05, 0) is 37.0 Å². The summed E-state index contributed by atoms with van der Waals surface area (Å²) in [5, 5.41) is -0.155. The van der Waals surface area contributed by atoms with Crippen molar-refractivity contribution in [1.29, 1.82) is 0 Å².